The number of carboxylic acid groups (broad SMARTS) is 1. The predicted molar refractivity (Wildman–Crippen MR) is 72.6 cm³/mol. The second-order valence-corrected chi connectivity index (χ2v) is 4.80. The molecule has 0 fully saturated rings. The third-order valence-electron chi connectivity index (χ3n) is 3.44. The molecule has 0 aliphatic carbocycles. The molecule has 2 aromatic heterocycles. The predicted octanol–water partition coefficient (Wildman–Crippen LogP) is 4.16. The highest BCUT2D eigenvalue weighted by molar-refractivity contribution is 5.89. The van der Waals surface area contributed by atoms with Gasteiger partial charge in [0.15, 0.2) is 5.76 Å². The zero-order valence-corrected chi connectivity index (χ0v) is 11.3. The first kappa shape index (κ1) is 14.2. The third-order valence-corrected chi connectivity index (χ3v) is 3.44. The Kier molecular flexibility index (Phi) is 3.01. The molecule has 0 bridgehead atoms. The minimum atomic E-state index is -4.52. The Morgan fingerprint density at radius 3 is 2.55 bits per heavy atom. The highest BCUT2D eigenvalue weighted by Crippen LogP contribution is 2.38. The molecule has 0 saturated heterocycles. The van der Waals surface area contributed by atoms with Gasteiger partial charge in [-0.2, -0.15) is 13.2 Å². The molecule has 0 saturated carbocycles. The van der Waals surface area contributed by atoms with E-state index in [2.05, 4.69) is 0 Å². The number of carboxylic acids is 1. The minimum Gasteiger partial charge on any atom is -0.477 e. The lowest BCUT2D eigenvalue weighted by atomic mass is 10.1. The van der Waals surface area contributed by atoms with E-state index in [0.717, 1.165) is 6.07 Å². The van der Waals surface area contributed by atoms with Crippen molar-refractivity contribution in [1.82, 2.24) is 4.57 Å². The molecule has 3 aromatic rings. The van der Waals surface area contributed by atoms with Gasteiger partial charge in [0.25, 0.3) is 0 Å². The number of hydrogen-bond donors (Lipinski definition) is 1. The first-order valence-corrected chi connectivity index (χ1v) is 6.28. The van der Waals surface area contributed by atoms with Gasteiger partial charge in [0.2, 0.25) is 0 Å². The monoisotopic (exact) mass is 309 g/mol. The Morgan fingerprint density at radius 1 is 1.23 bits per heavy atom. The van der Waals surface area contributed by atoms with Gasteiger partial charge in [0.05, 0.1) is 11.3 Å². The van der Waals surface area contributed by atoms with Crippen molar-refractivity contribution in [2.24, 2.45) is 7.05 Å². The van der Waals surface area contributed by atoms with E-state index in [1.54, 1.807) is 0 Å². The standard InChI is InChI=1S/C15H10F3NO3/c1-19-10(5-6-11(19)14(20)21)12-7-8-3-2-4-9(13(8)22-12)15(16,17)18/h2-7H,1H3,(H,20,21). The van der Waals surface area contributed by atoms with Crippen molar-refractivity contribution in [2.75, 3.05) is 0 Å². The lowest BCUT2D eigenvalue weighted by molar-refractivity contribution is -0.136. The van der Waals surface area contributed by atoms with Gasteiger partial charge in [-0.05, 0) is 24.3 Å². The molecular formula is C15H10F3NO3. The van der Waals surface area contributed by atoms with Crippen molar-refractivity contribution in [1.29, 1.82) is 0 Å². The van der Waals surface area contributed by atoms with Crippen LogP contribution in [0.4, 0.5) is 13.2 Å². The van der Waals surface area contributed by atoms with E-state index in [1.807, 2.05) is 0 Å². The number of nitrogens with zero attached hydrogens (tertiary/aromatic N) is 1. The summed E-state index contributed by atoms with van der Waals surface area (Å²) in [6.07, 6.45) is -4.52. The smallest absolute Gasteiger partial charge is 0.420 e. The molecular weight excluding hydrogens is 299 g/mol. The third kappa shape index (κ3) is 2.14. The van der Waals surface area contributed by atoms with Gasteiger partial charge in [0.1, 0.15) is 11.3 Å². The highest BCUT2D eigenvalue weighted by Gasteiger charge is 2.34. The molecule has 1 aromatic carbocycles. The van der Waals surface area contributed by atoms with E-state index in [9.17, 15) is 18.0 Å². The number of furan rings is 1. The number of aromatic carboxylic acids is 1. The van der Waals surface area contributed by atoms with Crippen molar-refractivity contribution in [3.05, 3.63) is 47.7 Å². The van der Waals surface area contributed by atoms with Gasteiger partial charge in [-0.1, -0.05) is 12.1 Å². The molecule has 2 heterocycles. The van der Waals surface area contributed by atoms with E-state index in [1.165, 1.54) is 41.9 Å². The summed E-state index contributed by atoms with van der Waals surface area (Å²) < 4.78 is 45.6. The molecule has 3 rings (SSSR count). The molecule has 0 aliphatic heterocycles. The molecule has 0 unspecified atom stereocenters. The van der Waals surface area contributed by atoms with E-state index in [4.69, 9.17) is 9.52 Å². The van der Waals surface area contributed by atoms with Crippen LogP contribution in [0.3, 0.4) is 0 Å². The number of aromatic nitrogens is 1. The van der Waals surface area contributed by atoms with Crippen molar-refractivity contribution >= 4 is 16.9 Å². The van der Waals surface area contributed by atoms with Crippen LogP contribution in [0.15, 0.2) is 40.8 Å². The fourth-order valence-corrected chi connectivity index (χ4v) is 2.39. The maximum absolute atomic E-state index is 13.0. The summed E-state index contributed by atoms with van der Waals surface area (Å²) in [6.45, 7) is 0. The van der Waals surface area contributed by atoms with Gasteiger partial charge >= 0.3 is 12.1 Å². The van der Waals surface area contributed by atoms with Gasteiger partial charge in [-0.15, -0.1) is 0 Å². The topological polar surface area (TPSA) is 55.4 Å². The maximum atomic E-state index is 13.0. The summed E-state index contributed by atoms with van der Waals surface area (Å²) in [6, 6.07) is 8.09. The van der Waals surface area contributed by atoms with Crippen LogP contribution < -0.4 is 0 Å². The minimum absolute atomic E-state index is 0.0199. The maximum Gasteiger partial charge on any atom is 0.420 e. The largest absolute Gasteiger partial charge is 0.477 e. The van der Waals surface area contributed by atoms with Crippen LogP contribution >= 0.6 is 0 Å². The van der Waals surface area contributed by atoms with Crippen LogP contribution in [0.25, 0.3) is 22.4 Å². The molecule has 0 spiro atoms. The van der Waals surface area contributed by atoms with Crippen LogP contribution in [0.1, 0.15) is 16.1 Å². The van der Waals surface area contributed by atoms with Crippen molar-refractivity contribution < 1.29 is 27.5 Å². The molecule has 7 heteroatoms. The average Bonchev–Trinajstić information content (AvgIpc) is 2.99. The Morgan fingerprint density at radius 2 is 1.95 bits per heavy atom. The highest BCUT2D eigenvalue weighted by atomic mass is 19.4. The Balaban J connectivity index is 2.20. The zero-order chi connectivity index (χ0) is 16.1. The molecule has 0 radical (unpaired) electrons. The first-order chi connectivity index (χ1) is 10.3. The van der Waals surface area contributed by atoms with Crippen molar-refractivity contribution in [2.45, 2.75) is 6.18 Å². The Bertz CT molecular complexity index is 874. The zero-order valence-electron chi connectivity index (χ0n) is 11.3. The Hall–Kier alpha value is -2.70. The summed E-state index contributed by atoms with van der Waals surface area (Å²) in [7, 11) is 1.51. The number of carbonyl (C=O) groups is 1. The van der Waals surface area contributed by atoms with Crippen LogP contribution in [-0.4, -0.2) is 15.6 Å². The molecule has 0 atom stereocenters. The molecule has 22 heavy (non-hydrogen) atoms. The van der Waals surface area contributed by atoms with Gasteiger partial charge in [-0.25, -0.2) is 4.79 Å². The molecule has 114 valence electrons. The first-order valence-electron chi connectivity index (χ1n) is 6.28. The summed E-state index contributed by atoms with van der Waals surface area (Å²) in [5, 5.41) is 9.32. The molecule has 4 nitrogen and oxygen atoms in total. The van der Waals surface area contributed by atoms with Gasteiger partial charge in [0, 0.05) is 12.4 Å². The fraction of sp³-hybridized carbons (Fsp3) is 0.133. The van der Waals surface area contributed by atoms with E-state index < -0.39 is 17.7 Å². The number of halogens is 3. The average molecular weight is 309 g/mol. The summed E-state index contributed by atoms with van der Waals surface area (Å²) in [4.78, 5) is 11.0. The summed E-state index contributed by atoms with van der Waals surface area (Å²) in [5.74, 6) is -0.942. The van der Waals surface area contributed by atoms with Crippen molar-refractivity contribution in [3.63, 3.8) is 0 Å². The number of rotatable bonds is 2. The summed E-state index contributed by atoms with van der Waals surface area (Å²) in [5.41, 5.74) is -0.708. The van der Waals surface area contributed by atoms with Crippen LogP contribution in [0.2, 0.25) is 0 Å². The number of benzene rings is 1. The van der Waals surface area contributed by atoms with Crippen LogP contribution in [-0.2, 0) is 13.2 Å². The number of fused-ring (bicyclic) bond motifs is 1. The van der Waals surface area contributed by atoms with Gasteiger partial charge in [-0.3, -0.25) is 0 Å². The van der Waals surface area contributed by atoms with E-state index in [0.29, 0.717) is 11.1 Å². The molecule has 0 amide bonds. The van der Waals surface area contributed by atoms with Gasteiger partial charge < -0.3 is 14.1 Å². The Labute approximate surface area is 122 Å². The number of hydrogen-bond acceptors (Lipinski definition) is 2. The number of alkyl halides is 3. The normalized spacial score (nSPS) is 12.0. The quantitative estimate of drug-likeness (QED) is 0.773. The van der Waals surface area contributed by atoms with E-state index >= 15 is 0 Å². The second-order valence-electron chi connectivity index (χ2n) is 4.80. The lowest BCUT2D eigenvalue weighted by Gasteiger charge is -2.06. The lowest BCUT2D eigenvalue weighted by Crippen LogP contribution is -2.05. The molecule has 0 aliphatic rings. The van der Waals surface area contributed by atoms with Crippen LogP contribution in [0.5, 0.6) is 0 Å². The van der Waals surface area contributed by atoms with E-state index in [-0.39, 0.29) is 17.0 Å². The fourth-order valence-electron chi connectivity index (χ4n) is 2.39. The van der Waals surface area contributed by atoms with Crippen molar-refractivity contribution in [3.8, 4) is 11.5 Å². The second kappa shape index (κ2) is 4.66. The SMILES string of the molecule is Cn1c(C(=O)O)ccc1-c1cc2cccc(C(F)(F)F)c2o1. The summed E-state index contributed by atoms with van der Waals surface area (Å²) >= 11 is 0. The number of para-hydroxylation sites is 1. The molecule has 1 N–H and O–H groups in total. The van der Waals surface area contributed by atoms with Crippen LogP contribution in [0, 0.1) is 0 Å².